The van der Waals surface area contributed by atoms with E-state index in [2.05, 4.69) is 66.9 Å². The van der Waals surface area contributed by atoms with Gasteiger partial charge in [0.05, 0.1) is 53.6 Å². The molecule has 4 aliphatic rings. The van der Waals surface area contributed by atoms with E-state index in [4.69, 9.17) is 24.2 Å². The largest absolute Gasteiger partial charge is 0.464 e. The number of piperidine rings is 1. The number of rotatable bonds is 9. The van der Waals surface area contributed by atoms with Crippen LogP contribution in [-0.4, -0.2) is 148 Å². The zero-order chi connectivity index (χ0) is 49.3. The SMILES string of the molecule is C=CC(=O)N1CCO[C@@H]2CCN(C(=O)N(C)[C@H](C(=O)N[C@H]3Cc4nc(cs4)-c4ccc5c(c4)c(c(-c4cccnc4[C@H](C)OC)n5CC)CC(C)(C)COC(=O)C4CCCN(N4)C3=O)C(C)C)CC21. The van der Waals surface area contributed by atoms with Crippen molar-refractivity contribution >= 4 is 52.0 Å². The van der Waals surface area contributed by atoms with Crippen molar-refractivity contribution in [1.29, 1.82) is 0 Å². The molecule has 6 bridgehead atoms. The number of nitrogens with zero attached hydrogens (tertiary/aromatic N) is 7. The Balaban J connectivity index is 1.13. The summed E-state index contributed by atoms with van der Waals surface area (Å²) in [6.45, 7) is 18.3. The van der Waals surface area contributed by atoms with Gasteiger partial charge in [-0.05, 0) is 81.4 Å². The zero-order valence-electron chi connectivity index (χ0n) is 41.2. The molecule has 4 aromatic rings. The van der Waals surface area contributed by atoms with E-state index in [1.807, 2.05) is 32.2 Å². The van der Waals surface area contributed by atoms with Gasteiger partial charge in [0, 0.05) is 92.3 Å². The number of hydrazine groups is 1. The van der Waals surface area contributed by atoms with Crippen molar-refractivity contribution in [3.8, 4) is 22.5 Å². The number of thiazole rings is 1. The van der Waals surface area contributed by atoms with Gasteiger partial charge in [-0.1, -0.05) is 40.3 Å². The van der Waals surface area contributed by atoms with E-state index in [0.29, 0.717) is 63.5 Å². The number of methoxy groups -OCH3 is 1. The monoisotopic (exact) mass is 965 g/mol. The molecule has 7 heterocycles. The Morgan fingerprint density at radius 1 is 1.13 bits per heavy atom. The molecular formula is C51H67N9O8S. The molecule has 2 unspecified atom stereocenters. The van der Waals surface area contributed by atoms with Gasteiger partial charge in [0.25, 0.3) is 5.91 Å². The van der Waals surface area contributed by atoms with E-state index < -0.39 is 41.3 Å². The second-order valence-corrected chi connectivity index (χ2v) is 20.7. The van der Waals surface area contributed by atoms with Gasteiger partial charge in [0.1, 0.15) is 18.1 Å². The summed E-state index contributed by atoms with van der Waals surface area (Å²) in [7, 11) is 3.28. The number of aromatic nitrogens is 3. The third-order valence-corrected chi connectivity index (χ3v) is 15.0. The summed E-state index contributed by atoms with van der Waals surface area (Å²) in [5.74, 6) is -1.96. The van der Waals surface area contributed by atoms with Crippen LogP contribution in [0.4, 0.5) is 4.79 Å². The zero-order valence-corrected chi connectivity index (χ0v) is 42.0. The Bertz CT molecular complexity index is 2590. The Morgan fingerprint density at radius 2 is 1.93 bits per heavy atom. The number of carbonyl (C=O) groups is 5. The van der Waals surface area contributed by atoms with Gasteiger partial charge in [-0.25, -0.2) is 15.2 Å². The number of likely N-dealkylation sites (tertiary alicyclic amines) is 1. The van der Waals surface area contributed by atoms with Crippen molar-refractivity contribution in [3.05, 3.63) is 70.8 Å². The lowest BCUT2D eigenvalue weighted by molar-refractivity contribution is -0.155. The van der Waals surface area contributed by atoms with Crippen LogP contribution in [-0.2, 0) is 52.8 Å². The number of cyclic esters (lactones) is 1. The maximum absolute atomic E-state index is 14.7. The number of hydrogen-bond acceptors (Lipinski definition) is 12. The van der Waals surface area contributed by atoms with Crippen LogP contribution >= 0.6 is 11.3 Å². The molecule has 0 saturated carbocycles. The molecule has 18 heteroatoms. The van der Waals surface area contributed by atoms with Crippen LogP contribution in [0, 0.1) is 11.3 Å². The number of urea groups is 1. The number of ether oxygens (including phenoxy) is 3. The molecule has 3 aromatic heterocycles. The van der Waals surface area contributed by atoms with E-state index >= 15 is 0 Å². The topological polar surface area (TPSA) is 181 Å². The summed E-state index contributed by atoms with van der Waals surface area (Å²) < 4.78 is 20.2. The fraction of sp³-hybridized carbons (Fsp3) is 0.549. The van der Waals surface area contributed by atoms with E-state index in [9.17, 15) is 24.0 Å². The number of aryl methyl sites for hydroxylation is 1. The number of benzene rings is 1. The predicted octanol–water partition coefficient (Wildman–Crippen LogP) is 5.77. The van der Waals surface area contributed by atoms with Crippen LogP contribution < -0.4 is 10.7 Å². The smallest absolute Gasteiger partial charge is 0.324 e. The Labute approximate surface area is 408 Å². The molecule has 370 valence electrons. The number of morpholine rings is 1. The summed E-state index contributed by atoms with van der Waals surface area (Å²) in [4.78, 5) is 85.1. The van der Waals surface area contributed by atoms with Crippen LogP contribution in [0.5, 0.6) is 0 Å². The van der Waals surface area contributed by atoms with Gasteiger partial charge in [-0.2, -0.15) is 0 Å². The third kappa shape index (κ3) is 10.2. The molecule has 0 spiro atoms. The van der Waals surface area contributed by atoms with Gasteiger partial charge >= 0.3 is 12.0 Å². The normalized spacial score (nSPS) is 22.9. The average Bonchev–Trinajstić information content (AvgIpc) is 3.95. The highest BCUT2D eigenvalue weighted by atomic mass is 32.1. The molecule has 4 aliphatic heterocycles. The summed E-state index contributed by atoms with van der Waals surface area (Å²) >= 11 is 1.40. The van der Waals surface area contributed by atoms with Crippen LogP contribution in [0.15, 0.2) is 54.6 Å². The standard InChI is InChI=1S/C51H67N9O8S/c1-10-43(61)59-22-23-67-41-18-21-57(27-40(41)59)50(65)56(8)45(30(3)4)47(62)54-37-25-42-53-38(28-69-42)32-16-17-39-34(24-32)35(46(58(39)11-2)33-14-12-19-52-44(33)31(5)66-9)26-51(6,7)29-68-49(64)36-15-13-20-60(55-36)48(37)63/h10,12,14,16-17,19,24,28,30-31,36-37,40-41,45,55H,1,11,13,15,18,20-23,25-27,29H2,2-9H3,(H,54,62)/t31-,36?,37-,40?,41+,45-/m0/s1. The van der Waals surface area contributed by atoms with Gasteiger partial charge < -0.3 is 38.8 Å². The molecule has 3 saturated heterocycles. The summed E-state index contributed by atoms with van der Waals surface area (Å²) in [6, 6.07) is 6.83. The van der Waals surface area contributed by atoms with Gasteiger partial charge in [0.15, 0.2) is 0 Å². The molecule has 17 nitrogen and oxygen atoms in total. The van der Waals surface area contributed by atoms with E-state index in [1.54, 1.807) is 30.2 Å². The van der Waals surface area contributed by atoms with Crippen LogP contribution in [0.1, 0.15) is 83.2 Å². The van der Waals surface area contributed by atoms with Crippen molar-refractivity contribution in [3.63, 3.8) is 0 Å². The van der Waals surface area contributed by atoms with Crippen LogP contribution in [0.3, 0.4) is 0 Å². The fourth-order valence-corrected chi connectivity index (χ4v) is 11.4. The molecule has 5 amide bonds. The highest BCUT2D eigenvalue weighted by Crippen LogP contribution is 2.42. The number of nitrogens with one attached hydrogen (secondary N) is 2. The van der Waals surface area contributed by atoms with Gasteiger partial charge in [-0.15, -0.1) is 11.3 Å². The van der Waals surface area contributed by atoms with E-state index in [1.165, 1.54) is 27.3 Å². The third-order valence-electron chi connectivity index (χ3n) is 14.1. The van der Waals surface area contributed by atoms with Crippen molar-refractivity contribution in [2.24, 2.45) is 11.3 Å². The molecule has 2 N–H and O–H groups in total. The van der Waals surface area contributed by atoms with E-state index in [-0.39, 0.29) is 55.7 Å². The number of carbonyl (C=O) groups excluding carboxylic acids is 5. The van der Waals surface area contributed by atoms with E-state index in [0.717, 1.165) is 44.7 Å². The van der Waals surface area contributed by atoms with Crippen molar-refractivity contribution in [1.82, 2.24) is 45.0 Å². The first-order valence-electron chi connectivity index (χ1n) is 24.2. The number of hydrogen-bond donors (Lipinski definition) is 2. The lowest BCUT2D eigenvalue weighted by Gasteiger charge is -2.47. The maximum Gasteiger partial charge on any atom is 0.324 e. The first kappa shape index (κ1) is 49.7. The first-order valence-corrected chi connectivity index (χ1v) is 25.1. The highest BCUT2D eigenvalue weighted by Gasteiger charge is 2.43. The van der Waals surface area contributed by atoms with Gasteiger partial charge in [-0.3, -0.25) is 29.2 Å². The molecule has 1 aromatic carbocycles. The number of likely N-dealkylation sites (N-methyl/N-ethyl adjacent to an activating group) is 1. The Hall–Kier alpha value is -5.69. The Morgan fingerprint density at radius 3 is 2.67 bits per heavy atom. The minimum Gasteiger partial charge on any atom is -0.464 e. The summed E-state index contributed by atoms with van der Waals surface area (Å²) in [6.07, 6.45) is 4.76. The van der Waals surface area contributed by atoms with Crippen molar-refractivity contribution < 1.29 is 38.2 Å². The fourth-order valence-electron chi connectivity index (χ4n) is 10.5. The molecule has 69 heavy (non-hydrogen) atoms. The molecular weight excluding hydrogens is 899 g/mol. The number of pyridine rings is 1. The quantitative estimate of drug-likeness (QED) is 0.154. The molecule has 8 rings (SSSR count). The first-order chi connectivity index (χ1) is 33.0. The Kier molecular flexibility index (Phi) is 14.9. The van der Waals surface area contributed by atoms with Crippen molar-refractivity contribution in [2.75, 3.05) is 53.6 Å². The second kappa shape index (κ2) is 20.7. The molecule has 3 fully saturated rings. The molecule has 0 radical (unpaired) electrons. The van der Waals surface area contributed by atoms with Crippen LogP contribution in [0.25, 0.3) is 33.4 Å². The minimum atomic E-state index is -1.10. The summed E-state index contributed by atoms with van der Waals surface area (Å²) in [5, 5.41) is 8.11. The molecule has 6 atom stereocenters. The molecule has 0 aliphatic carbocycles. The lowest BCUT2D eigenvalue weighted by atomic mass is 9.84. The van der Waals surface area contributed by atoms with Gasteiger partial charge in [0.2, 0.25) is 11.8 Å². The summed E-state index contributed by atoms with van der Waals surface area (Å²) in [5.41, 5.74) is 9.23. The van der Waals surface area contributed by atoms with Crippen LogP contribution in [0.2, 0.25) is 0 Å². The number of amides is 5. The average molecular weight is 966 g/mol. The number of fused-ring (bicyclic) bond motifs is 7. The second-order valence-electron chi connectivity index (χ2n) is 19.8. The predicted molar refractivity (Wildman–Crippen MR) is 263 cm³/mol. The minimum absolute atomic E-state index is 0.0624. The maximum atomic E-state index is 14.7. The highest BCUT2D eigenvalue weighted by molar-refractivity contribution is 7.10. The lowest BCUT2D eigenvalue weighted by Crippen LogP contribution is -2.65. The van der Waals surface area contributed by atoms with Crippen molar-refractivity contribution in [2.45, 2.75) is 117 Å². The number of esters is 1.